The Bertz CT molecular complexity index is 1090. The van der Waals surface area contributed by atoms with E-state index in [0.717, 1.165) is 12.8 Å². The lowest BCUT2D eigenvalue weighted by Gasteiger charge is -2.38. The molecule has 1 aliphatic carbocycles. The van der Waals surface area contributed by atoms with Crippen LogP contribution in [-0.4, -0.2) is 89.0 Å². The van der Waals surface area contributed by atoms with E-state index in [4.69, 9.17) is 5.73 Å². The maximum absolute atomic E-state index is 14.2. The summed E-state index contributed by atoms with van der Waals surface area (Å²) >= 11 is 0. The van der Waals surface area contributed by atoms with Gasteiger partial charge in [-0.25, -0.2) is 4.79 Å². The van der Waals surface area contributed by atoms with Gasteiger partial charge in [0.1, 0.15) is 18.1 Å². The summed E-state index contributed by atoms with van der Waals surface area (Å²) in [5.41, 5.74) is 3.94. The zero-order chi connectivity index (χ0) is 33.7. The standard InChI is InChI=1S/C32H56N6O6/c1-11-37(12-2)28(42)24(31(5,6)7)35-30(44)36-25(32(8,9)10)29(43)38-16-15-20(18(3)4)22(38)27(41)34-21(17-19-13-14-19)23(39)26(33)40/h18-22,24-25H,11-17H2,1-10H3,(H2,33,40)(H,34,41)(H2,35,36,44)/t20-,21?,22+,24-,25-/m1/s1. The second-order valence-electron chi connectivity index (χ2n) is 14.9. The fourth-order valence-electron chi connectivity index (χ4n) is 5.93. The highest BCUT2D eigenvalue weighted by Gasteiger charge is 2.48. The maximum Gasteiger partial charge on any atom is 0.316 e. The van der Waals surface area contributed by atoms with Crippen molar-refractivity contribution in [1.29, 1.82) is 0 Å². The fraction of sp³-hybridized carbons (Fsp3) is 0.812. The SMILES string of the molecule is CCN(CC)C(=O)[C@@H](NC(=O)N[C@H](C(=O)N1CC[C@H](C(C)C)[C@H]1C(=O)NC(CC1CC1)C(=O)C(N)=O)C(C)(C)C)C(C)(C)C. The van der Waals surface area contributed by atoms with Crippen LogP contribution in [0.4, 0.5) is 4.79 Å². The topological polar surface area (TPSA) is 171 Å². The maximum atomic E-state index is 14.2. The van der Waals surface area contributed by atoms with Crippen LogP contribution < -0.4 is 21.7 Å². The van der Waals surface area contributed by atoms with E-state index in [1.807, 2.05) is 69.2 Å². The largest absolute Gasteiger partial charge is 0.363 e. The first-order valence-electron chi connectivity index (χ1n) is 16.0. The molecule has 0 bridgehead atoms. The Morgan fingerprint density at radius 2 is 1.36 bits per heavy atom. The first-order valence-corrected chi connectivity index (χ1v) is 16.0. The van der Waals surface area contributed by atoms with Gasteiger partial charge in [0.05, 0.1) is 6.04 Å². The van der Waals surface area contributed by atoms with Gasteiger partial charge >= 0.3 is 6.03 Å². The van der Waals surface area contributed by atoms with Crippen molar-refractivity contribution in [1.82, 2.24) is 25.8 Å². The third kappa shape index (κ3) is 9.41. The number of carbonyl (C=O) groups is 6. The van der Waals surface area contributed by atoms with Crippen LogP contribution in [0, 0.1) is 28.6 Å². The number of primary amides is 1. The lowest BCUT2D eigenvalue weighted by molar-refractivity contribution is -0.144. The number of rotatable bonds is 13. The minimum atomic E-state index is -1.10. The molecule has 44 heavy (non-hydrogen) atoms. The van der Waals surface area contributed by atoms with Gasteiger partial charge in [-0.05, 0) is 55.3 Å². The van der Waals surface area contributed by atoms with Crippen LogP contribution in [-0.2, 0) is 24.0 Å². The second kappa shape index (κ2) is 14.7. The van der Waals surface area contributed by atoms with Crippen LogP contribution in [0.25, 0.3) is 0 Å². The van der Waals surface area contributed by atoms with E-state index in [1.165, 1.54) is 4.90 Å². The minimum absolute atomic E-state index is 0.0419. The van der Waals surface area contributed by atoms with Crippen LogP contribution in [0.15, 0.2) is 0 Å². The normalized spacial score (nSPS) is 20.8. The van der Waals surface area contributed by atoms with Gasteiger partial charge in [-0.15, -0.1) is 0 Å². The Morgan fingerprint density at radius 1 is 0.841 bits per heavy atom. The predicted molar refractivity (Wildman–Crippen MR) is 168 cm³/mol. The Labute approximate surface area is 263 Å². The molecule has 2 rings (SSSR count). The van der Waals surface area contributed by atoms with E-state index in [9.17, 15) is 28.8 Å². The smallest absolute Gasteiger partial charge is 0.316 e. The number of likely N-dealkylation sites (tertiary alicyclic amines) is 1. The summed E-state index contributed by atoms with van der Waals surface area (Å²) in [5.74, 6) is -3.02. The van der Waals surface area contributed by atoms with Crippen molar-refractivity contribution in [2.45, 2.75) is 119 Å². The quantitative estimate of drug-likeness (QED) is 0.230. The van der Waals surface area contributed by atoms with Crippen LogP contribution in [0.1, 0.15) is 94.9 Å². The first kappa shape index (κ1) is 37.0. The molecule has 1 unspecified atom stereocenters. The van der Waals surface area contributed by atoms with E-state index in [2.05, 4.69) is 16.0 Å². The molecule has 1 saturated carbocycles. The monoisotopic (exact) mass is 620 g/mol. The summed E-state index contributed by atoms with van der Waals surface area (Å²) in [6, 6.07) is -4.46. The van der Waals surface area contributed by atoms with Crippen molar-refractivity contribution < 1.29 is 28.8 Å². The van der Waals surface area contributed by atoms with E-state index in [1.54, 1.807) is 4.90 Å². The summed E-state index contributed by atoms with van der Waals surface area (Å²) in [6.07, 6.45) is 2.72. The summed E-state index contributed by atoms with van der Waals surface area (Å²) in [7, 11) is 0. The number of likely N-dealkylation sites (N-methyl/N-ethyl adjacent to an activating group) is 1. The van der Waals surface area contributed by atoms with Gasteiger partial charge in [-0.2, -0.15) is 0 Å². The number of urea groups is 1. The Hall–Kier alpha value is -3.18. The molecule has 5 atom stereocenters. The van der Waals surface area contributed by atoms with Crippen molar-refractivity contribution in [2.24, 2.45) is 34.3 Å². The summed E-state index contributed by atoms with van der Waals surface area (Å²) in [6.45, 7) is 20.0. The number of hydrogen-bond acceptors (Lipinski definition) is 6. The third-order valence-electron chi connectivity index (χ3n) is 8.85. The number of nitrogens with one attached hydrogen (secondary N) is 3. The van der Waals surface area contributed by atoms with Gasteiger partial charge in [0.25, 0.3) is 5.91 Å². The van der Waals surface area contributed by atoms with Crippen molar-refractivity contribution in [2.75, 3.05) is 19.6 Å². The number of amides is 6. The molecule has 1 heterocycles. The number of ketones is 1. The van der Waals surface area contributed by atoms with Gasteiger partial charge in [-0.3, -0.25) is 24.0 Å². The molecule has 0 spiro atoms. The number of carbonyl (C=O) groups excluding carboxylic acids is 6. The number of hydrogen-bond donors (Lipinski definition) is 4. The van der Waals surface area contributed by atoms with Crippen LogP contribution in [0.3, 0.4) is 0 Å². The molecule has 6 amide bonds. The van der Waals surface area contributed by atoms with E-state index < -0.39 is 64.5 Å². The average Bonchev–Trinajstić information content (AvgIpc) is 3.61. The van der Waals surface area contributed by atoms with Crippen molar-refractivity contribution >= 4 is 35.4 Å². The highest BCUT2D eigenvalue weighted by Crippen LogP contribution is 2.35. The summed E-state index contributed by atoms with van der Waals surface area (Å²) in [5, 5.41) is 8.39. The van der Waals surface area contributed by atoms with Crippen molar-refractivity contribution in [3.8, 4) is 0 Å². The minimum Gasteiger partial charge on any atom is -0.363 e. The van der Waals surface area contributed by atoms with Gasteiger partial charge in [0.15, 0.2) is 0 Å². The molecule has 1 aliphatic heterocycles. The molecule has 0 aromatic rings. The highest BCUT2D eigenvalue weighted by atomic mass is 16.2. The number of nitrogens with zero attached hydrogens (tertiary/aromatic N) is 2. The summed E-state index contributed by atoms with van der Waals surface area (Å²) in [4.78, 5) is 82.2. The Balaban J connectivity index is 2.35. The lowest BCUT2D eigenvalue weighted by Crippen LogP contribution is -2.63. The molecule has 2 aliphatic rings. The van der Waals surface area contributed by atoms with Gasteiger partial charge in [0.2, 0.25) is 23.5 Å². The second-order valence-corrected chi connectivity index (χ2v) is 14.9. The van der Waals surface area contributed by atoms with Gasteiger partial charge in [0, 0.05) is 19.6 Å². The lowest BCUT2D eigenvalue weighted by atomic mass is 9.84. The molecule has 12 heteroatoms. The van der Waals surface area contributed by atoms with Crippen LogP contribution in [0.5, 0.6) is 0 Å². The predicted octanol–water partition coefficient (Wildman–Crippen LogP) is 2.20. The molecule has 5 N–H and O–H groups in total. The molecular weight excluding hydrogens is 564 g/mol. The van der Waals surface area contributed by atoms with Crippen molar-refractivity contribution in [3.05, 3.63) is 0 Å². The molecule has 12 nitrogen and oxygen atoms in total. The van der Waals surface area contributed by atoms with Crippen molar-refractivity contribution in [3.63, 3.8) is 0 Å². The number of Topliss-reactive ketones (excluding diaryl/α,β-unsaturated/α-hetero) is 1. The highest BCUT2D eigenvalue weighted by molar-refractivity contribution is 6.37. The summed E-state index contributed by atoms with van der Waals surface area (Å²) < 4.78 is 0. The molecule has 2 fully saturated rings. The average molecular weight is 621 g/mol. The first-order chi connectivity index (χ1) is 20.2. The van der Waals surface area contributed by atoms with Gasteiger partial charge in [-0.1, -0.05) is 68.2 Å². The molecule has 0 radical (unpaired) electrons. The van der Waals surface area contributed by atoms with E-state index in [-0.39, 0.29) is 30.2 Å². The molecule has 250 valence electrons. The van der Waals surface area contributed by atoms with E-state index >= 15 is 0 Å². The zero-order valence-electron chi connectivity index (χ0n) is 28.4. The van der Waals surface area contributed by atoms with Crippen LogP contribution >= 0.6 is 0 Å². The zero-order valence-corrected chi connectivity index (χ0v) is 28.4. The molecule has 0 aromatic carbocycles. The van der Waals surface area contributed by atoms with E-state index in [0.29, 0.717) is 25.9 Å². The van der Waals surface area contributed by atoms with Gasteiger partial charge < -0.3 is 31.5 Å². The third-order valence-corrected chi connectivity index (χ3v) is 8.85. The molecule has 1 saturated heterocycles. The fourth-order valence-corrected chi connectivity index (χ4v) is 5.93. The number of nitrogens with two attached hydrogens (primary N) is 1. The molecule has 0 aromatic heterocycles. The Morgan fingerprint density at radius 3 is 1.80 bits per heavy atom. The Kier molecular flexibility index (Phi) is 12.4. The van der Waals surface area contributed by atoms with Crippen LogP contribution in [0.2, 0.25) is 0 Å². The molecular formula is C32H56N6O6.